The summed E-state index contributed by atoms with van der Waals surface area (Å²) in [6.07, 6.45) is 3.96. The zero-order valence-corrected chi connectivity index (χ0v) is 17.7. The van der Waals surface area contributed by atoms with Crippen LogP contribution >= 0.6 is 11.6 Å². The Hall–Kier alpha value is -1.66. The van der Waals surface area contributed by atoms with Gasteiger partial charge in [0.1, 0.15) is 5.82 Å². The van der Waals surface area contributed by atoms with E-state index < -0.39 is 0 Å². The summed E-state index contributed by atoms with van der Waals surface area (Å²) in [7, 11) is 0. The Bertz CT molecular complexity index is 672. The van der Waals surface area contributed by atoms with Crippen LogP contribution in [0, 0.1) is 17.2 Å². The van der Waals surface area contributed by atoms with Crippen LogP contribution in [-0.4, -0.2) is 41.9 Å². The van der Waals surface area contributed by atoms with Gasteiger partial charge in [0.25, 0.3) is 0 Å². The van der Waals surface area contributed by atoms with Crippen molar-refractivity contribution in [3.63, 3.8) is 0 Å². The maximum Gasteiger partial charge on any atom is 0.234 e. The summed E-state index contributed by atoms with van der Waals surface area (Å²) in [5.41, 5.74) is 5.54. The lowest BCUT2D eigenvalue weighted by molar-refractivity contribution is -0.129. The molecule has 5 nitrogen and oxygen atoms in total. The van der Waals surface area contributed by atoms with Gasteiger partial charge in [-0.25, -0.2) is 4.39 Å². The van der Waals surface area contributed by atoms with Gasteiger partial charge in [0.2, 0.25) is 11.8 Å². The Kier molecular flexibility index (Phi) is 7.46. The summed E-state index contributed by atoms with van der Waals surface area (Å²) in [6, 6.07) is 5.82. The Labute approximate surface area is 171 Å². The van der Waals surface area contributed by atoms with Crippen molar-refractivity contribution in [1.82, 2.24) is 10.2 Å². The number of nitrogens with one attached hydrogen (secondary N) is 1. The first kappa shape index (κ1) is 22.6. The van der Waals surface area contributed by atoms with Crippen LogP contribution in [0.25, 0.3) is 0 Å². The largest absolute Gasteiger partial charge is 0.369 e. The van der Waals surface area contributed by atoms with E-state index in [1.165, 1.54) is 12.1 Å². The maximum absolute atomic E-state index is 12.1. The third kappa shape index (κ3) is 7.06. The van der Waals surface area contributed by atoms with Crippen molar-refractivity contribution in [2.24, 2.45) is 17.1 Å². The molecule has 2 fully saturated rings. The van der Waals surface area contributed by atoms with E-state index in [-0.39, 0.29) is 29.1 Å². The average molecular weight is 412 g/mol. The summed E-state index contributed by atoms with van der Waals surface area (Å²) in [5, 5.41) is 3.42. The molecule has 0 aromatic heterocycles. The monoisotopic (exact) mass is 411 g/mol. The number of hydrogen-bond donors (Lipinski definition) is 2. The first-order chi connectivity index (χ1) is 13.0. The molecule has 0 bridgehead atoms. The predicted molar refractivity (Wildman–Crippen MR) is 109 cm³/mol. The lowest BCUT2D eigenvalue weighted by Crippen LogP contribution is -2.60. The minimum Gasteiger partial charge on any atom is -0.369 e. The second-order valence-corrected chi connectivity index (χ2v) is 9.50. The van der Waals surface area contributed by atoms with Gasteiger partial charge in [-0.05, 0) is 70.1 Å². The van der Waals surface area contributed by atoms with E-state index in [9.17, 15) is 14.0 Å². The number of nitrogens with zero attached hydrogens (tertiary/aromatic N) is 1. The van der Waals surface area contributed by atoms with Crippen molar-refractivity contribution >= 4 is 23.4 Å². The fourth-order valence-electron chi connectivity index (χ4n) is 3.97. The Morgan fingerprint density at radius 3 is 2.32 bits per heavy atom. The zero-order valence-electron chi connectivity index (χ0n) is 16.9. The van der Waals surface area contributed by atoms with Crippen LogP contribution in [-0.2, 0) is 9.59 Å². The minimum absolute atomic E-state index is 0.0684. The molecule has 3 rings (SSSR count). The second kappa shape index (κ2) is 9.23. The first-order valence-electron chi connectivity index (χ1n) is 9.72. The summed E-state index contributed by atoms with van der Waals surface area (Å²) in [6.45, 7) is 8.43. The van der Waals surface area contributed by atoms with E-state index in [1.807, 2.05) is 20.8 Å². The molecule has 1 aliphatic carbocycles. The number of nitrogens with two attached hydrogens (primary N) is 1. The molecule has 0 unspecified atom stereocenters. The molecule has 1 saturated carbocycles. The number of hydrogen-bond acceptors (Lipinski definition) is 3. The van der Waals surface area contributed by atoms with Gasteiger partial charge >= 0.3 is 0 Å². The molecule has 156 valence electrons. The van der Waals surface area contributed by atoms with Crippen LogP contribution < -0.4 is 11.1 Å². The van der Waals surface area contributed by atoms with E-state index in [2.05, 4.69) is 10.2 Å². The van der Waals surface area contributed by atoms with Crippen LogP contribution in [0.5, 0.6) is 0 Å². The molecule has 28 heavy (non-hydrogen) atoms. The highest BCUT2D eigenvalue weighted by Crippen LogP contribution is 2.45. The summed E-state index contributed by atoms with van der Waals surface area (Å²) < 4.78 is 12.1. The number of halogens is 2. The molecule has 2 amide bonds. The summed E-state index contributed by atoms with van der Waals surface area (Å²) in [4.78, 5) is 25.2. The normalized spacial score (nSPS) is 19.3. The molecule has 1 spiro atoms. The summed E-state index contributed by atoms with van der Waals surface area (Å²) >= 11 is 5.40. The van der Waals surface area contributed by atoms with Gasteiger partial charge in [0, 0.05) is 29.6 Å². The van der Waals surface area contributed by atoms with Crippen LogP contribution in [0.2, 0.25) is 5.02 Å². The van der Waals surface area contributed by atoms with Crippen molar-refractivity contribution in [3.8, 4) is 0 Å². The van der Waals surface area contributed by atoms with Crippen molar-refractivity contribution in [1.29, 1.82) is 0 Å². The molecule has 1 heterocycles. The van der Waals surface area contributed by atoms with E-state index in [4.69, 9.17) is 17.3 Å². The van der Waals surface area contributed by atoms with Crippen molar-refractivity contribution in [3.05, 3.63) is 35.1 Å². The van der Waals surface area contributed by atoms with Gasteiger partial charge < -0.3 is 11.1 Å². The highest BCUT2D eigenvalue weighted by Gasteiger charge is 2.46. The number of carbonyl (C=O) groups excluding carboxylic acids is 2. The third-order valence-corrected chi connectivity index (χ3v) is 5.47. The molecule has 7 heteroatoms. The highest BCUT2D eigenvalue weighted by atomic mass is 35.5. The highest BCUT2D eigenvalue weighted by molar-refractivity contribution is 6.30. The van der Waals surface area contributed by atoms with Gasteiger partial charge in [-0.1, -0.05) is 17.7 Å². The van der Waals surface area contributed by atoms with Crippen LogP contribution in [0.1, 0.15) is 46.5 Å². The molecule has 0 radical (unpaired) electrons. The Morgan fingerprint density at radius 2 is 1.89 bits per heavy atom. The number of primary amides is 1. The van der Waals surface area contributed by atoms with Crippen molar-refractivity contribution in [2.45, 2.75) is 52.0 Å². The average Bonchev–Trinajstić information content (AvgIpc) is 2.52. The summed E-state index contributed by atoms with van der Waals surface area (Å²) in [5.74, 6) is -0.282. The number of amides is 2. The van der Waals surface area contributed by atoms with Crippen molar-refractivity contribution < 1.29 is 14.0 Å². The SMILES string of the molecule is CC(C)(C)NC(=O)CN1CC2(CCC(C(N)=O)CC2)C1.Fc1cccc(Cl)c1. The van der Waals surface area contributed by atoms with Crippen molar-refractivity contribution in [2.75, 3.05) is 19.6 Å². The smallest absolute Gasteiger partial charge is 0.234 e. The molecule has 3 N–H and O–H groups in total. The topological polar surface area (TPSA) is 75.4 Å². The Balaban J connectivity index is 0.000000292. The fraction of sp³-hybridized carbons (Fsp3) is 0.619. The molecule has 2 aliphatic rings. The molecule has 0 atom stereocenters. The van der Waals surface area contributed by atoms with Gasteiger partial charge in [-0.3, -0.25) is 14.5 Å². The lowest BCUT2D eigenvalue weighted by Gasteiger charge is -2.53. The fourth-order valence-corrected chi connectivity index (χ4v) is 4.14. The standard InChI is InChI=1S/C15H27N3O2.C6H4ClF/c1-14(2,3)17-12(19)8-18-9-15(10-18)6-4-11(5-7-15)13(16)20;7-5-2-1-3-6(8)4-5/h11H,4-10H2,1-3H3,(H2,16,20)(H,17,19);1-4H. The van der Waals surface area contributed by atoms with Gasteiger partial charge in [-0.2, -0.15) is 0 Å². The number of likely N-dealkylation sites (tertiary alicyclic amines) is 1. The third-order valence-electron chi connectivity index (χ3n) is 5.23. The van der Waals surface area contributed by atoms with E-state index >= 15 is 0 Å². The zero-order chi connectivity index (χ0) is 20.9. The maximum atomic E-state index is 12.1. The molecular formula is C21H31ClFN3O2. The molecule has 1 saturated heterocycles. The van der Waals surface area contributed by atoms with Gasteiger partial charge in [-0.15, -0.1) is 0 Å². The molecular weight excluding hydrogens is 381 g/mol. The van der Waals surface area contributed by atoms with Crippen LogP contribution in [0.15, 0.2) is 24.3 Å². The minimum atomic E-state index is -0.294. The van der Waals surface area contributed by atoms with Gasteiger partial charge in [0.15, 0.2) is 0 Å². The molecule has 1 aliphatic heterocycles. The molecule has 1 aromatic carbocycles. The second-order valence-electron chi connectivity index (χ2n) is 9.06. The van der Waals surface area contributed by atoms with E-state index in [1.54, 1.807) is 12.1 Å². The van der Waals surface area contributed by atoms with Crippen LogP contribution in [0.4, 0.5) is 4.39 Å². The lowest BCUT2D eigenvalue weighted by atomic mass is 9.66. The number of rotatable bonds is 3. The quantitative estimate of drug-likeness (QED) is 0.800. The van der Waals surface area contributed by atoms with E-state index in [0.29, 0.717) is 17.0 Å². The molecule has 1 aromatic rings. The predicted octanol–water partition coefficient (Wildman–Crippen LogP) is 3.36. The first-order valence-corrected chi connectivity index (χ1v) is 10.1. The number of carbonyl (C=O) groups is 2. The Morgan fingerprint density at radius 1 is 1.29 bits per heavy atom. The van der Waals surface area contributed by atoms with Gasteiger partial charge in [0.05, 0.1) is 6.54 Å². The van der Waals surface area contributed by atoms with E-state index in [0.717, 1.165) is 38.8 Å². The number of benzene rings is 1. The van der Waals surface area contributed by atoms with Crippen LogP contribution in [0.3, 0.4) is 0 Å².